The van der Waals surface area contributed by atoms with E-state index in [-0.39, 0.29) is 35.5 Å². The summed E-state index contributed by atoms with van der Waals surface area (Å²) < 4.78 is 36.9. The van der Waals surface area contributed by atoms with Gasteiger partial charge in [-0.2, -0.15) is 4.98 Å². The first kappa shape index (κ1) is 27.4. The monoisotopic (exact) mass is 571 g/mol. The minimum atomic E-state index is -4.77. The average Bonchev–Trinajstić information content (AvgIpc) is 3.56. The first-order chi connectivity index (χ1) is 18.5. The van der Waals surface area contributed by atoms with E-state index in [4.69, 9.17) is 24.3 Å². The quantitative estimate of drug-likeness (QED) is 0.160. The van der Waals surface area contributed by atoms with Crippen LogP contribution in [0.5, 0.6) is 0 Å². The normalized spacial score (nSPS) is 28.7. The van der Waals surface area contributed by atoms with Crippen LogP contribution in [0.1, 0.15) is 30.9 Å². The Hall–Kier alpha value is -3.22. The van der Waals surface area contributed by atoms with E-state index in [1.807, 2.05) is 0 Å². The summed E-state index contributed by atoms with van der Waals surface area (Å²) in [5, 5.41) is 20.1. The highest BCUT2D eigenvalue weighted by molar-refractivity contribution is 7.47. The predicted molar refractivity (Wildman–Crippen MR) is 129 cm³/mol. The second-order valence-corrected chi connectivity index (χ2v) is 10.5. The molecule has 7 atom stereocenters. The molecule has 2 aliphatic rings. The van der Waals surface area contributed by atoms with E-state index in [0.29, 0.717) is 0 Å². The molecule has 0 spiro atoms. The van der Waals surface area contributed by atoms with Gasteiger partial charge in [0.25, 0.3) is 11.1 Å². The number of rotatable bonds is 8. The lowest BCUT2D eigenvalue weighted by Gasteiger charge is -2.22. The van der Waals surface area contributed by atoms with E-state index >= 15 is 0 Å². The van der Waals surface area contributed by atoms with E-state index in [1.165, 1.54) is 24.0 Å². The van der Waals surface area contributed by atoms with Gasteiger partial charge in [0.2, 0.25) is 5.95 Å². The van der Waals surface area contributed by atoms with Gasteiger partial charge in [0.1, 0.15) is 30.8 Å². The smallest absolute Gasteiger partial charge is 0.394 e. The van der Waals surface area contributed by atoms with Gasteiger partial charge in [-0.25, -0.2) is 14.3 Å². The third-order valence-corrected chi connectivity index (χ3v) is 7.46. The second-order valence-electron chi connectivity index (χ2n) is 9.14. The highest BCUT2D eigenvalue weighted by Gasteiger charge is 2.43. The van der Waals surface area contributed by atoms with Crippen molar-refractivity contribution in [3.63, 3.8) is 0 Å². The van der Waals surface area contributed by atoms with Crippen molar-refractivity contribution in [2.75, 3.05) is 18.9 Å². The number of phosphoric ester groups is 1. The molecule has 0 aromatic carbocycles. The highest BCUT2D eigenvalue weighted by Crippen LogP contribution is 2.49. The van der Waals surface area contributed by atoms with Crippen molar-refractivity contribution in [2.24, 2.45) is 0 Å². The molecule has 1 unspecified atom stereocenters. The van der Waals surface area contributed by atoms with E-state index < -0.39 is 74.7 Å². The molecule has 3 aromatic rings. The Bertz CT molecular complexity index is 1600. The Kier molecular flexibility index (Phi) is 7.29. The third-order valence-electron chi connectivity index (χ3n) is 6.45. The first-order valence-corrected chi connectivity index (χ1v) is 13.2. The maximum Gasteiger partial charge on any atom is 0.472 e. The number of nitrogens with one attached hydrogen (secondary N) is 2. The van der Waals surface area contributed by atoms with Crippen molar-refractivity contribution in [1.82, 2.24) is 29.1 Å². The summed E-state index contributed by atoms with van der Waals surface area (Å²) in [4.78, 5) is 58.6. The van der Waals surface area contributed by atoms with Crippen LogP contribution in [0.15, 0.2) is 26.9 Å². The summed E-state index contributed by atoms with van der Waals surface area (Å²) >= 11 is 0. The number of H-pyrrole nitrogens is 2. The maximum absolute atomic E-state index is 12.7. The zero-order valence-corrected chi connectivity index (χ0v) is 21.3. The highest BCUT2D eigenvalue weighted by atomic mass is 31.2. The summed E-state index contributed by atoms with van der Waals surface area (Å²) in [6, 6.07) is 0. The molecule has 7 N–H and O–H groups in total. The van der Waals surface area contributed by atoms with Gasteiger partial charge < -0.3 is 30.3 Å². The Balaban J connectivity index is 1.23. The van der Waals surface area contributed by atoms with Crippen molar-refractivity contribution in [3.05, 3.63) is 49.3 Å². The van der Waals surface area contributed by atoms with Crippen LogP contribution < -0.4 is 22.5 Å². The van der Waals surface area contributed by atoms with Crippen LogP contribution in [-0.4, -0.2) is 81.8 Å². The number of ether oxygens (including phenoxy) is 2. The minimum Gasteiger partial charge on any atom is -0.394 e. The number of hydrogen-bond donors (Lipinski definition) is 6. The number of anilines is 1. The van der Waals surface area contributed by atoms with Crippen LogP contribution in [-0.2, 0) is 23.1 Å². The maximum atomic E-state index is 12.7. The standard InChI is InChI=1S/C20H26N7O11P/c1-8-4-26(20(32)25-17(8)30)13-2-9(29)12(37-13)6-35-39(33,34)38-10-3-14(36-11(10)5-28)27-7-22-15-16(27)23-19(21)24-18(15)31/h4,7,9-14,28-29H,2-3,5-6H2,1H3,(H,33,34)(H,25,30,32)(H3,21,23,24,31)/t9-,10-,11+,12+,13+,14+/m0/s1. The summed E-state index contributed by atoms with van der Waals surface area (Å²) in [7, 11) is -4.77. The van der Waals surface area contributed by atoms with Crippen molar-refractivity contribution in [2.45, 2.75) is 56.6 Å². The van der Waals surface area contributed by atoms with Gasteiger partial charge in [-0.15, -0.1) is 0 Å². The van der Waals surface area contributed by atoms with E-state index in [9.17, 15) is 34.1 Å². The number of imidazole rings is 1. The van der Waals surface area contributed by atoms with Gasteiger partial charge >= 0.3 is 13.5 Å². The molecular weight excluding hydrogens is 545 g/mol. The second kappa shape index (κ2) is 10.4. The van der Waals surface area contributed by atoms with Crippen LogP contribution in [0.25, 0.3) is 11.2 Å². The molecule has 3 aromatic heterocycles. The van der Waals surface area contributed by atoms with Crippen molar-refractivity contribution >= 4 is 24.9 Å². The molecule has 0 saturated carbocycles. The number of nitrogens with two attached hydrogens (primary N) is 1. The minimum absolute atomic E-state index is 0.00147. The molecule has 0 radical (unpaired) electrons. The number of nitrogens with zero attached hydrogens (tertiary/aromatic N) is 4. The zero-order chi connectivity index (χ0) is 28.1. The summed E-state index contributed by atoms with van der Waals surface area (Å²) in [6.45, 7) is 0.364. The third kappa shape index (κ3) is 5.45. The van der Waals surface area contributed by atoms with Crippen molar-refractivity contribution in [1.29, 1.82) is 0 Å². The van der Waals surface area contributed by atoms with Gasteiger partial charge in [-0.3, -0.25) is 37.7 Å². The molecule has 2 aliphatic heterocycles. The molecule has 2 fully saturated rings. The number of aliphatic hydroxyl groups excluding tert-OH is 2. The molecule has 5 rings (SSSR count). The van der Waals surface area contributed by atoms with E-state index in [0.717, 1.165) is 4.57 Å². The first-order valence-electron chi connectivity index (χ1n) is 11.8. The number of fused-ring (bicyclic) bond motifs is 1. The number of nitrogen functional groups attached to an aromatic ring is 1. The predicted octanol–water partition coefficient (Wildman–Crippen LogP) is -2.01. The van der Waals surface area contributed by atoms with Crippen LogP contribution in [0.3, 0.4) is 0 Å². The summed E-state index contributed by atoms with van der Waals surface area (Å²) in [6.07, 6.45) is -3.73. The van der Waals surface area contributed by atoms with Crippen LogP contribution in [0.2, 0.25) is 0 Å². The molecular formula is C20H26N7O11P. The summed E-state index contributed by atoms with van der Waals surface area (Å²) in [5.41, 5.74) is 4.13. The molecule has 0 aliphatic carbocycles. The Morgan fingerprint density at radius 1 is 1.15 bits per heavy atom. The summed E-state index contributed by atoms with van der Waals surface area (Å²) in [5.74, 6) is -0.147. The fourth-order valence-electron chi connectivity index (χ4n) is 4.51. The fraction of sp³-hybridized carbons (Fsp3) is 0.550. The average molecular weight is 571 g/mol. The van der Waals surface area contributed by atoms with Crippen molar-refractivity contribution < 1.29 is 38.2 Å². The molecule has 0 amide bonds. The SMILES string of the molecule is Cc1cn([C@H]2C[C@H](O)[C@@H](COP(=O)(O)O[C@H]3C[C@H](n4cnc5c(=O)[nH]c(N)nc54)O[C@@H]3CO)O2)c(=O)[nH]c1=O. The molecule has 5 heterocycles. The Labute approximate surface area is 217 Å². The molecule has 2 saturated heterocycles. The van der Waals surface area contributed by atoms with Gasteiger partial charge in [0.15, 0.2) is 11.2 Å². The van der Waals surface area contributed by atoms with Gasteiger partial charge in [-0.1, -0.05) is 0 Å². The lowest BCUT2D eigenvalue weighted by molar-refractivity contribution is -0.0567. The van der Waals surface area contributed by atoms with Gasteiger partial charge in [0, 0.05) is 24.6 Å². The van der Waals surface area contributed by atoms with Crippen LogP contribution in [0.4, 0.5) is 5.95 Å². The topological polar surface area (TPSA) is 259 Å². The number of phosphoric acid groups is 1. The number of aromatic amines is 2. The molecule has 39 heavy (non-hydrogen) atoms. The zero-order valence-electron chi connectivity index (χ0n) is 20.4. The number of hydrogen-bond acceptors (Lipinski definition) is 13. The lowest BCUT2D eigenvalue weighted by Crippen LogP contribution is -2.33. The van der Waals surface area contributed by atoms with Gasteiger partial charge in [-0.05, 0) is 6.92 Å². The van der Waals surface area contributed by atoms with E-state index in [2.05, 4.69) is 19.9 Å². The lowest BCUT2D eigenvalue weighted by atomic mass is 10.2. The molecule has 212 valence electrons. The van der Waals surface area contributed by atoms with Crippen molar-refractivity contribution in [3.8, 4) is 0 Å². The number of aliphatic hydroxyl groups is 2. The Morgan fingerprint density at radius 3 is 2.62 bits per heavy atom. The number of aromatic nitrogens is 6. The Morgan fingerprint density at radius 2 is 1.87 bits per heavy atom. The number of aryl methyl sites for hydroxylation is 1. The van der Waals surface area contributed by atoms with Crippen LogP contribution >= 0.6 is 7.82 Å². The van der Waals surface area contributed by atoms with Crippen LogP contribution in [0, 0.1) is 6.92 Å². The molecule has 0 bridgehead atoms. The van der Waals surface area contributed by atoms with Gasteiger partial charge in [0.05, 0.1) is 25.6 Å². The largest absolute Gasteiger partial charge is 0.472 e. The fourth-order valence-corrected chi connectivity index (χ4v) is 5.47. The molecule has 19 heteroatoms. The molecule has 18 nitrogen and oxygen atoms in total. The van der Waals surface area contributed by atoms with E-state index in [1.54, 1.807) is 0 Å².